The number of carbonyl (C=O) groups excluding carboxylic acids is 2. The molecule has 0 saturated heterocycles. The molecule has 0 spiro atoms. The lowest BCUT2D eigenvalue weighted by molar-refractivity contribution is -0.117. The second kappa shape index (κ2) is 10.6. The molecule has 0 amide bonds. The number of hydrogen-bond acceptors (Lipinski definition) is 4. The van der Waals surface area contributed by atoms with Gasteiger partial charge in [-0.15, -0.1) is 0 Å². The maximum atomic E-state index is 12.2. The van der Waals surface area contributed by atoms with E-state index in [1.807, 2.05) is 26.8 Å². The Hall–Kier alpha value is -2.36. The van der Waals surface area contributed by atoms with Gasteiger partial charge in [0, 0.05) is 18.4 Å². The molecule has 0 unspecified atom stereocenters. The SMILES string of the molecule is COc1c(C)cc(O)cc1C/C=C(\C)CC(=O)/C=C(/C)CCCC(C)=O. The normalized spacial score (nSPS) is 12.2. The number of aromatic hydroxyl groups is 1. The van der Waals surface area contributed by atoms with Gasteiger partial charge in [-0.3, -0.25) is 4.79 Å². The minimum Gasteiger partial charge on any atom is -0.508 e. The molecule has 0 atom stereocenters. The van der Waals surface area contributed by atoms with Crippen molar-refractivity contribution in [2.75, 3.05) is 7.11 Å². The predicted molar refractivity (Wildman–Crippen MR) is 105 cm³/mol. The zero-order chi connectivity index (χ0) is 19.7. The van der Waals surface area contributed by atoms with Crippen molar-refractivity contribution in [2.45, 2.75) is 59.8 Å². The van der Waals surface area contributed by atoms with Crippen LogP contribution in [0.25, 0.3) is 0 Å². The first-order chi connectivity index (χ1) is 12.2. The van der Waals surface area contributed by atoms with Crippen LogP contribution in [-0.4, -0.2) is 23.8 Å². The van der Waals surface area contributed by atoms with Crippen LogP contribution in [0.4, 0.5) is 0 Å². The van der Waals surface area contributed by atoms with E-state index in [4.69, 9.17) is 4.74 Å². The molecule has 1 rings (SSSR count). The van der Waals surface area contributed by atoms with Crippen LogP contribution in [0.3, 0.4) is 0 Å². The van der Waals surface area contributed by atoms with Crippen molar-refractivity contribution >= 4 is 11.6 Å². The van der Waals surface area contributed by atoms with Crippen molar-refractivity contribution in [3.05, 3.63) is 46.6 Å². The van der Waals surface area contributed by atoms with Gasteiger partial charge in [-0.1, -0.05) is 17.2 Å². The van der Waals surface area contributed by atoms with Gasteiger partial charge >= 0.3 is 0 Å². The minimum absolute atomic E-state index is 0.0677. The van der Waals surface area contributed by atoms with Crippen LogP contribution in [0.2, 0.25) is 0 Å². The van der Waals surface area contributed by atoms with E-state index in [9.17, 15) is 14.7 Å². The summed E-state index contributed by atoms with van der Waals surface area (Å²) in [6.45, 7) is 7.33. The van der Waals surface area contributed by atoms with Gasteiger partial charge in [0.05, 0.1) is 7.11 Å². The Kier molecular flexibility index (Phi) is 8.83. The van der Waals surface area contributed by atoms with Crippen LogP contribution in [0.5, 0.6) is 11.5 Å². The molecule has 0 bridgehead atoms. The van der Waals surface area contributed by atoms with Crippen LogP contribution in [-0.2, 0) is 16.0 Å². The van der Waals surface area contributed by atoms with Gasteiger partial charge in [0.2, 0.25) is 0 Å². The molecule has 1 aromatic carbocycles. The highest BCUT2D eigenvalue weighted by atomic mass is 16.5. The van der Waals surface area contributed by atoms with Crippen molar-refractivity contribution in [1.29, 1.82) is 0 Å². The molecule has 4 heteroatoms. The molecule has 26 heavy (non-hydrogen) atoms. The first kappa shape index (κ1) is 21.7. The summed E-state index contributed by atoms with van der Waals surface area (Å²) in [6.07, 6.45) is 6.75. The number of carbonyl (C=O) groups is 2. The maximum absolute atomic E-state index is 12.2. The Balaban J connectivity index is 2.66. The quantitative estimate of drug-likeness (QED) is 0.479. The Labute approximate surface area is 156 Å². The van der Waals surface area contributed by atoms with Crippen LogP contribution in [0.1, 0.15) is 57.6 Å². The fraction of sp³-hybridized carbons (Fsp3) is 0.455. The Morgan fingerprint density at radius 2 is 1.81 bits per heavy atom. The highest BCUT2D eigenvalue weighted by Gasteiger charge is 2.08. The lowest BCUT2D eigenvalue weighted by atomic mass is 10.0. The summed E-state index contributed by atoms with van der Waals surface area (Å²) in [5.74, 6) is 1.22. The third kappa shape index (κ3) is 7.68. The number of aryl methyl sites for hydroxylation is 1. The van der Waals surface area contributed by atoms with Gasteiger partial charge in [-0.2, -0.15) is 0 Å². The molecule has 0 aromatic heterocycles. The molecule has 0 aliphatic heterocycles. The highest BCUT2D eigenvalue weighted by molar-refractivity contribution is 5.91. The van der Waals surface area contributed by atoms with Crippen molar-refractivity contribution in [3.63, 3.8) is 0 Å². The predicted octanol–water partition coefficient (Wildman–Crippen LogP) is 4.86. The molecule has 1 N–H and O–H groups in total. The lowest BCUT2D eigenvalue weighted by Crippen LogP contribution is -1.98. The minimum atomic E-state index is 0.0677. The molecule has 0 heterocycles. The number of Topliss-reactive ketones (excluding diaryl/α,β-unsaturated/α-hetero) is 1. The smallest absolute Gasteiger partial charge is 0.159 e. The molecular weight excluding hydrogens is 328 g/mol. The maximum Gasteiger partial charge on any atom is 0.159 e. The Morgan fingerprint density at radius 3 is 2.42 bits per heavy atom. The summed E-state index contributed by atoms with van der Waals surface area (Å²) in [4.78, 5) is 23.1. The zero-order valence-corrected chi connectivity index (χ0v) is 16.5. The second-order valence-corrected chi connectivity index (χ2v) is 6.90. The third-order valence-electron chi connectivity index (χ3n) is 4.17. The van der Waals surface area contributed by atoms with E-state index in [1.54, 1.807) is 32.2 Å². The molecule has 1 aromatic rings. The van der Waals surface area contributed by atoms with E-state index >= 15 is 0 Å². The molecule has 142 valence electrons. The van der Waals surface area contributed by atoms with Crippen molar-refractivity contribution < 1.29 is 19.4 Å². The van der Waals surface area contributed by atoms with Crippen LogP contribution < -0.4 is 4.74 Å². The molecule has 0 saturated carbocycles. The standard InChI is InChI=1S/C22H30O4/c1-15(7-6-8-18(4)23)11-20(24)12-16(2)9-10-19-14-21(25)13-17(3)22(19)26-5/h9,11,13-14,25H,6-8,10,12H2,1-5H3/b15-11-,16-9+. The molecule has 0 aliphatic rings. The van der Waals surface area contributed by atoms with Crippen LogP contribution >= 0.6 is 0 Å². The largest absolute Gasteiger partial charge is 0.508 e. The average molecular weight is 358 g/mol. The van der Waals surface area contributed by atoms with Gasteiger partial charge in [0.25, 0.3) is 0 Å². The number of phenolic OH excluding ortho intramolecular Hbond substituents is 1. The van der Waals surface area contributed by atoms with Gasteiger partial charge in [-0.05, 0) is 70.7 Å². The van der Waals surface area contributed by atoms with Gasteiger partial charge in [0.1, 0.15) is 17.3 Å². The van der Waals surface area contributed by atoms with E-state index in [2.05, 4.69) is 0 Å². The molecule has 0 radical (unpaired) electrons. The zero-order valence-electron chi connectivity index (χ0n) is 16.5. The van der Waals surface area contributed by atoms with E-state index in [0.29, 0.717) is 19.3 Å². The second-order valence-electron chi connectivity index (χ2n) is 6.90. The van der Waals surface area contributed by atoms with Crippen LogP contribution in [0.15, 0.2) is 35.4 Å². The monoisotopic (exact) mass is 358 g/mol. The first-order valence-corrected chi connectivity index (χ1v) is 8.94. The Bertz CT molecular complexity index is 711. The molecular formula is C22H30O4. The summed E-state index contributed by atoms with van der Waals surface area (Å²) in [5, 5.41) is 9.77. The highest BCUT2D eigenvalue weighted by Crippen LogP contribution is 2.29. The lowest BCUT2D eigenvalue weighted by Gasteiger charge is -2.11. The number of benzene rings is 1. The van der Waals surface area contributed by atoms with Gasteiger partial charge in [0.15, 0.2) is 5.78 Å². The number of hydrogen-bond donors (Lipinski definition) is 1. The van der Waals surface area contributed by atoms with E-state index in [0.717, 1.165) is 40.9 Å². The number of phenols is 1. The molecule has 0 aliphatic carbocycles. The number of ketones is 2. The summed E-state index contributed by atoms with van der Waals surface area (Å²) in [7, 11) is 1.61. The summed E-state index contributed by atoms with van der Waals surface area (Å²) in [5.41, 5.74) is 3.77. The topological polar surface area (TPSA) is 63.6 Å². The van der Waals surface area contributed by atoms with E-state index in [-0.39, 0.29) is 17.3 Å². The van der Waals surface area contributed by atoms with Crippen molar-refractivity contribution in [3.8, 4) is 11.5 Å². The summed E-state index contributed by atoms with van der Waals surface area (Å²) < 4.78 is 5.41. The fourth-order valence-corrected chi connectivity index (χ4v) is 2.92. The molecule has 0 fully saturated rings. The van der Waals surface area contributed by atoms with E-state index in [1.165, 1.54) is 0 Å². The van der Waals surface area contributed by atoms with Gasteiger partial charge < -0.3 is 14.6 Å². The first-order valence-electron chi connectivity index (χ1n) is 8.94. The molecule has 4 nitrogen and oxygen atoms in total. The van der Waals surface area contributed by atoms with Crippen molar-refractivity contribution in [2.24, 2.45) is 0 Å². The van der Waals surface area contributed by atoms with Crippen molar-refractivity contribution in [1.82, 2.24) is 0 Å². The number of methoxy groups -OCH3 is 1. The average Bonchev–Trinajstić information content (AvgIpc) is 2.51. The fourth-order valence-electron chi connectivity index (χ4n) is 2.92. The van der Waals surface area contributed by atoms with Gasteiger partial charge in [-0.25, -0.2) is 0 Å². The van der Waals surface area contributed by atoms with Crippen LogP contribution in [0, 0.1) is 6.92 Å². The number of ether oxygens (including phenoxy) is 1. The number of rotatable bonds is 10. The Morgan fingerprint density at radius 1 is 1.12 bits per heavy atom. The van der Waals surface area contributed by atoms with E-state index < -0.39 is 0 Å². The third-order valence-corrected chi connectivity index (χ3v) is 4.17. The number of allylic oxidation sites excluding steroid dienone is 4. The summed E-state index contributed by atoms with van der Waals surface area (Å²) >= 11 is 0. The summed E-state index contributed by atoms with van der Waals surface area (Å²) in [6, 6.07) is 3.36.